The lowest BCUT2D eigenvalue weighted by Gasteiger charge is -2.24. The van der Waals surface area contributed by atoms with E-state index >= 15 is 0 Å². The molecule has 14 heavy (non-hydrogen) atoms. The maximum Gasteiger partial charge on any atom is 0.326 e. The van der Waals surface area contributed by atoms with Gasteiger partial charge in [-0.1, -0.05) is 0 Å². The van der Waals surface area contributed by atoms with E-state index in [0.29, 0.717) is 4.90 Å². The van der Waals surface area contributed by atoms with Crippen molar-refractivity contribution in [3.63, 3.8) is 0 Å². The number of nitrogens with zero attached hydrogens (tertiary/aromatic N) is 1. The molecule has 0 saturated heterocycles. The molecule has 0 saturated carbocycles. The van der Waals surface area contributed by atoms with Crippen LogP contribution in [0.5, 0.6) is 0 Å². The highest BCUT2D eigenvalue weighted by Crippen LogP contribution is 2.02. The second kappa shape index (κ2) is 4.71. The molecule has 0 spiro atoms. The Hall–Kier alpha value is -1.43. The number of carbonyl (C=O) groups is 3. The monoisotopic (exact) mass is 202 g/mol. The van der Waals surface area contributed by atoms with Crippen LogP contribution < -0.4 is 5.73 Å². The van der Waals surface area contributed by atoms with Crippen molar-refractivity contribution in [1.82, 2.24) is 4.90 Å². The molecule has 6 nitrogen and oxygen atoms in total. The van der Waals surface area contributed by atoms with Crippen molar-refractivity contribution in [2.45, 2.75) is 32.9 Å². The number of carboxylic acids is 1. The zero-order valence-corrected chi connectivity index (χ0v) is 8.35. The van der Waals surface area contributed by atoms with E-state index in [-0.39, 0.29) is 0 Å². The Balaban J connectivity index is 4.87. The maximum atomic E-state index is 11.3. The van der Waals surface area contributed by atoms with Crippen molar-refractivity contribution in [2.24, 2.45) is 5.73 Å². The Morgan fingerprint density at radius 3 is 1.93 bits per heavy atom. The van der Waals surface area contributed by atoms with E-state index in [1.165, 1.54) is 13.8 Å². The van der Waals surface area contributed by atoms with E-state index in [4.69, 9.17) is 10.8 Å². The number of rotatable bonds is 3. The average Bonchev–Trinajstić information content (AvgIpc) is 2.03. The minimum Gasteiger partial charge on any atom is -0.480 e. The summed E-state index contributed by atoms with van der Waals surface area (Å²) in [5.41, 5.74) is 5.28. The molecule has 3 N–H and O–H groups in total. The molecule has 2 amide bonds. The normalized spacial score (nSPS) is 14.3. The van der Waals surface area contributed by atoms with Crippen LogP contribution in [0, 0.1) is 0 Å². The van der Waals surface area contributed by atoms with Crippen LogP contribution in [0.25, 0.3) is 0 Å². The first-order valence-corrected chi connectivity index (χ1v) is 4.11. The number of imide groups is 1. The van der Waals surface area contributed by atoms with Crippen LogP contribution >= 0.6 is 0 Å². The molecule has 0 heterocycles. The minimum atomic E-state index is -1.24. The molecular formula is C8H14N2O4. The zero-order chi connectivity index (χ0) is 11.5. The van der Waals surface area contributed by atoms with Crippen LogP contribution in [0.2, 0.25) is 0 Å². The first-order chi connectivity index (χ1) is 6.29. The zero-order valence-electron chi connectivity index (χ0n) is 8.35. The van der Waals surface area contributed by atoms with Gasteiger partial charge in [0.15, 0.2) is 0 Å². The summed E-state index contributed by atoms with van der Waals surface area (Å²) in [6, 6.07) is -2.08. The lowest BCUT2D eigenvalue weighted by Crippen LogP contribution is -2.51. The van der Waals surface area contributed by atoms with Crippen molar-refractivity contribution in [1.29, 1.82) is 0 Å². The van der Waals surface area contributed by atoms with E-state index < -0.39 is 29.9 Å². The molecule has 0 aliphatic rings. The van der Waals surface area contributed by atoms with Crippen molar-refractivity contribution < 1.29 is 19.5 Å². The SMILES string of the molecule is CC(=O)N(C(=O)[C@H](C)N)[C@@H](C)C(=O)O. The molecule has 0 aromatic heterocycles. The number of nitrogens with two attached hydrogens (primary N) is 1. The second-order valence-corrected chi connectivity index (χ2v) is 3.03. The van der Waals surface area contributed by atoms with Crippen LogP contribution in [0.3, 0.4) is 0 Å². The Bertz CT molecular complexity index is 262. The van der Waals surface area contributed by atoms with Crippen molar-refractivity contribution in [3.8, 4) is 0 Å². The molecule has 0 fully saturated rings. The number of aliphatic carboxylic acids is 1. The lowest BCUT2D eigenvalue weighted by molar-refractivity contribution is -0.156. The van der Waals surface area contributed by atoms with Gasteiger partial charge in [0.1, 0.15) is 6.04 Å². The summed E-state index contributed by atoms with van der Waals surface area (Å²) in [6.07, 6.45) is 0. The van der Waals surface area contributed by atoms with Crippen LogP contribution in [0.15, 0.2) is 0 Å². The summed E-state index contributed by atoms with van der Waals surface area (Å²) in [5.74, 6) is -2.55. The molecule has 0 aromatic rings. The molecule has 0 aromatic carbocycles. The van der Waals surface area contributed by atoms with Gasteiger partial charge < -0.3 is 10.8 Å². The number of hydrogen-bond acceptors (Lipinski definition) is 4. The number of carbonyl (C=O) groups excluding carboxylic acids is 2. The Kier molecular flexibility index (Phi) is 4.23. The van der Waals surface area contributed by atoms with Crippen molar-refractivity contribution >= 4 is 17.8 Å². The Morgan fingerprint density at radius 1 is 1.29 bits per heavy atom. The molecule has 0 unspecified atom stereocenters. The first-order valence-electron chi connectivity index (χ1n) is 4.11. The molecule has 6 heteroatoms. The summed E-state index contributed by atoms with van der Waals surface area (Å²) in [4.78, 5) is 33.6. The van der Waals surface area contributed by atoms with E-state index in [1.54, 1.807) is 0 Å². The Labute approximate surface area is 81.7 Å². The third-order valence-electron chi connectivity index (χ3n) is 1.71. The van der Waals surface area contributed by atoms with Gasteiger partial charge in [-0.05, 0) is 13.8 Å². The highest BCUT2D eigenvalue weighted by atomic mass is 16.4. The molecule has 0 aliphatic heterocycles. The smallest absolute Gasteiger partial charge is 0.326 e. The van der Waals surface area contributed by atoms with Gasteiger partial charge in [-0.25, -0.2) is 4.79 Å². The third kappa shape index (κ3) is 2.81. The summed E-state index contributed by atoms with van der Waals surface area (Å²) < 4.78 is 0. The van der Waals surface area contributed by atoms with Gasteiger partial charge in [-0.3, -0.25) is 14.5 Å². The predicted octanol–water partition coefficient (Wildman–Crippen LogP) is -0.818. The van der Waals surface area contributed by atoms with Crippen molar-refractivity contribution in [2.75, 3.05) is 0 Å². The van der Waals surface area contributed by atoms with Crippen LogP contribution in [0.4, 0.5) is 0 Å². The van der Waals surface area contributed by atoms with Gasteiger partial charge in [0.25, 0.3) is 0 Å². The molecular weight excluding hydrogens is 188 g/mol. The largest absolute Gasteiger partial charge is 0.480 e. The van der Waals surface area contributed by atoms with Gasteiger partial charge in [0.2, 0.25) is 11.8 Å². The van der Waals surface area contributed by atoms with E-state index in [0.717, 1.165) is 6.92 Å². The quantitative estimate of drug-likeness (QED) is 0.622. The number of carboxylic acid groups (broad SMARTS) is 1. The van der Waals surface area contributed by atoms with Crippen LogP contribution in [0.1, 0.15) is 20.8 Å². The predicted molar refractivity (Wildman–Crippen MR) is 48.3 cm³/mol. The number of amides is 2. The second-order valence-electron chi connectivity index (χ2n) is 3.03. The number of hydrogen-bond donors (Lipinski definition) is 2. The van der Waals surface area contributed by atoms with E-state index in [2.05, 4.69) is 0 Å². The van der Waals surface area contributed by atoms with Crippen LogP contribution in [-0.2, 0) is 14.4 Å². The van der Waals surface area contributed by atoms with E-state index in [9.17, 15) is 14.4 Å². The molecule has 0 rings (SSSR count). The fourth-order valence-electron chi connectivity index (χ4n) is 0.949. The van der Waals surface area contributed by atoms with Crippen molar-refractivity contribution in [3.05, 3.63) is 0 Å². The lowest BCUT2D eigenvalue weighted by atomic mass is 10.2. The van der Waals surface area contributed by atoms with Gasteiger partial charge in [-0.15, -0.1) is 0 Å². The highest BCUT2D eigenvalue weighted by molar-refractivity contribution is 6.00. The van der Waals surface area contributed by atoms with Gasteiger partial charge in [0, 0.05) is 6.92 Å². The standard InChI is InChI=1S/C8H14N2O4/c1-4(9)7(12)10(6(3)11)5(2)8(13)14/h4-5H,9H2,1-3H3,(H,13,14)/t4-,5-/m0/s1. The summed E-state index contributed by atoms with van der Waals surface area (Å²) in [6.45, 7) is 3.77. The topological polar surface area (TPSA) is 101 Å². The summed E-state index contributed by atoms with van der Waals surface area (Å²) in [5, 5.41) is 8.65. The maximum absolute atomic E-state index is 11.3. The average molecular weight is 202 g/mol. The van der Waals surface area contributed by atoms with Crippen LogP contribution in [-0.4, -0.2) is 39.9 Å². The molecule has 0 aliphatic carbocycles. The minimum absolute atomic E-state index is 0.623. The molecule has 2 atom stereocenters. The van der Waals surface area contributed by atoms with Gasteiger partial charge >= 0.3 is 5.97 Å². The highest BCUT2D eigenvalue weighted by Gasteiger charge is 2.30. The summed E-state index contributed by atoms with van der Waals surface area (Å²) >= 11 is 0. The first kappa shape index (κ1) is 12.6. The fraction of sp³-hybridized carbons (Fsp3) is 0.625. The van der Waals surface area contributed by atoms with E-state index in [1.807, 2.05) is 0 Å². The third-order valence-corrected chi connectivity index (χ3v) is 1.71. The molecule has 80 valence electrons. The summed E-state index contributed by atoms with van der Waals surface area (Å²) in [7, 11) is 0. The molecule has 0 radical (unpaired) electrons. The van der Waals surface area contributed by atoms with Gasteiger partial charge in [0.05, 0.1) is 6.04 Å². The van der Waals surface area contributed by atoms with Gasteiger partial charge in [-0.2, -0.15) is 0 Å². The molecule has 0 bridgehead atoms. The Morgan fingerprint density at radius 2 is 1.71 bits per heavy atom. The fourth-order valence-corrected chi connectivity index (χ4v) is 0.949.